The molecule has 1 aromatic carbocycles. The first-order valence-corrected chi connectivity index (χ1v) is 9.33. The van der Waals surface area contributed by atoms with Crippen molar-refractivity contribution in [3.63, 3.8) is 0 Å². The third kappa shape index (κ3) is 4.60. The highest BCUT2D eigenvalue weighted by molar-refractivity contribution is 6.03. The Labute approximate surface area is 162 Å². The van der Waals surface area contributed by atoms with Gasteiger partial charge in [0.1, 0.15) is 11.5 Å². The fourth-order valence-electron chi connectivity index (χ4n) is 3.24. The van der Waals surface area contributed by atoms with E-state index in [4.69, 9.17) is 14.3 Å². The summed E-state index contributed by atoms with van der Waals surface area (Å²) >= 11 is 0. The first kappa shape index (κ1) is 19.7. The molecule has 1 amide bonds. The van der Waals surface area contributed by atoms with Crippen LogP contribution in [0.4, 0.5) is 0 Å². The summed E-state index contributed by atoms with van der Waals surface area (Å²) in [4.78, 5) is 35.0. The number of aliphatic carboxylic acids is 1. The van der Waals surface area contributed by atoms with Gasteiger partial charge in [-0.25, -0.2) is 0 Å². The zero-order valence-corrected chi connectivity index (χ0v) is 15.7. The third-order valence-electron chi connectivity index (χ3n) is 4.69. The van der Waals surface area contributed by atoms with Gasteiger partial charge in [0.25, 0.3) is 5.91 Å². The van der Waals surface area contributed by atoms with Crippen molar-refractivity contribution in [2.24, 2.45) is 0 Å². The van der Waals surface area contributed by atoms with Crippen LogP contribution in [0, 0.1) is 6.92 Å². The Balaban J connectivity index is 1.54. The van der Waals surface area contributed by atoms with Crippen LogP contribution in [-0.4, -0.2) is 29.4 Å². The lowest BCUT2D eigenvalue weighted by Gasteiger charge is -2.08. The number of nitrogens with one attached hydrogen (secondary N) is 1. The lowest BCUT2D eigenvalue weighted by Crippen LogP contribution is -2.23. The Kier molecular flexibility index (Phi) is 6.13. The molecule has 148 valence electrons. The Hall–Kier alpha value is -3.09. The number of amides is 1. The average molecular weight is 385 g/mol. The standard InChI is InChI=1S/C21H23NO6/c1-13-19-16(23)4-2-5-17(19)28-20(13)21(26)22-12-14-7-9-15(10-8-14)27-11-3-6-18(24)25/h7-10H,2-6,11-12H2,1H3,(H,22,26)(H,24,25). The minimum absolute atomic E-state index is 0.0421. The lowest BCUT2D eigenvalue weighted by molar-refractivity contribution is -0.137. The molecule has 2 aromatic rings. The number of ketones is 1. The van der Waals surface area contributed by atoms with Crippen molar-refractivity contribution < 1.29 is 28.6 Å². The third-order valence-corrected chi connectivity index (χ3v) is 4.69. The highest BCUT2D eigenvalue weighted by Crippen LogP contribution is 2.29. The number of carbonyl (C=O) groups excluding carboxylic acids is 2. The number of fused-ring (bicyclic) bond motifs is 1. The number of benzene rings is 1. The van der Waals surface area contributed by atoms with Crippen LogP contribution < -0.4 is 10.1 Å². The van der Waals surface area contributed by atoms with Gasteiger partial charge in [0, 0.05) is 31.4 Å². The van der Waals surface area contributed by atoms with E-state index in [-0.39, 0.29) is 23.9 Å². The first-order chi connectivity index (χ1) is 13.5. The molecule has 0 radical (unpaired) electrons. The van der Waals surface area contributed by atoms with E-state index in [1.165, 1.54) is 0 Å². The average Bonchev–Trinajstić information content (AvgIpc) is 3.02. The Bertz CT molecular complexity index is 881. The zero-order chi connectivity index (χ0) is 20.1. The SMILES string of the molecule is Cc1c(C(=O)NCc2ccc(OCCCC(=O)O)cc2)oc2c1C(=O)CCC2. The van der Waals surface area contributed by atoms with Crippen LogP contribution in [-0.2, 0) is 17.8 Å². The van der Waals surface area contributed by atoms with E-state index in [9.17, 15) is 14.4 Å². The predicted octanol–water partition coefficient (Wildman–Crippen LogP) is 3.28. The van der Waals surface area contributed by atoms with E-state index in [0.29, 0.717) is 55.1 Å². The second kappa shape index (κ2) is 8.73. The quantitative estimate of drug-likeness (QED) is 0.676. The highest BCUT2D eigenvalue weighted by Gasteiger charge is 2.28. The van der Waals surface area contributed by atoms with Crippen LogP contribution in [0.2, 0.25) is 0 Å². The van der Waals surface area contributed by atoms with Gasteiger partial charge < -0.3 is 19.6 Å². The van der Waals surface area contributed by atoms with Gasteiger partial charge in [0.15, 0.2) is 11.5 Å². The largest absolute Gasteiger partial charge is 0.494 e. The minimum Gasteiger partial charge on any atom is -0.494 e. The van der Waals surface area contributed by atoms with Gasteiger partial charge in [-0.3, -0.25) is 14.4 Å². The maximum Gasteiger partial charge on any atom is 0.303 e. The molecule has 1 aliphatic rings. The first-order valence-electron chi connectivity index (χ1n) is 9.33. The van der Waals surface area contributed by atoms with Gasteiger partial charge in [-0.2, -0.15) is 0 Å². The summed E-state index contributed by atoms with van der Waals surface area (Å²) < 4.78 is 11.1. The molecule has 0 aliphatic heterocycles. The fourth-order valence-corrected chi connectivity index (χ4v) is 3.24. The van der Waals surface area contributed by atoms with Crippen LogP contribution in [0.1, 0.15) is 63.5 Å². The molecule has 28 heavy (non-hydrogen) atoms. The number of hydrogen-bond donors (Lipinski definition) is 2. The molecule has 1 aromatic heterocycles. The van der Waals surface area contributed by atoms with Crippen molar-refractivity contribution in [2.75, 3.05) is 6.61 Å². The zero-order valence-electron chi connectivity index (χ0n) is 15.7. The van der Waals surface area contributed by atoms with Crippen LogP contribution in [0.25, 0.3) is 0 Å². The number of carbonyl (C=O) groups is 3. The number of ether oxygens (including phenoxy) is 1. The molecule has 0 spiro atoms. The number of hydrogen-bond acceptors (Lipinski definition) is 5. The molecule has 7 heteroatoms. The molecule has 0 saturated carbocycles. The van der Waals surface area contributed by atoms with E-state index in [2.05, 4.69) is 5.32 Å². The van der Waals surface area contributed by atoms with Gasteiger partial charge in [0.2, 0.25) is 0 Å². The second-order valence-electron chi connectivity index (χ2n) is 6.80. The molecule has 7 nitrogen and oxygen atoms in total. The maximum absolute atomic E-state index is 12.5. The molecule has 0 saturated heterocycles. The maximum atomic E-state index is 12.5. The van der Waals surface area contributed by atoms with Crippen LogP contribution in [0.3, 0.4) is 0 Å². The molecular weight excluding hydrogens is 362 g/mol. The number of furan rings is 1. The van der Waals surface area contributed by atoms with Crippen LogP contribution >= 0.6 is 0 Å². The summed E-state index contributed by atoms with van der Waals surface area (Å²) in [5.74, 6) is 0.330. The smallest absolute Gasteiger partial charge is 0.303 e. The van der Waals surface area contributed by atoms with Crippen molar-refractivity contribution in [1.82, 2.24) is 5.32 Å². The Morgan fingerprint density at radius 1 is 1.21 bits per heavy atom. The highest BCUT2D eigenvalue weighted by atomic mass is 16.5. The molecule has 1 aliphatic carbocycles. The number of rotatable bonds is 8. The summed E-state index contributed by atoms with van der Waals surface area (Å²) in [7, 11) is 0. The number of carboxylic acids is 1. The predicted molar refractivity (Wildman–Crippen MR) is 101 cm³/mol. The molecule has 1 heterocycles. The van der Waals surface area contributed by atoms with E-state index < -0.39 is 5.97 Å². The molecule has 0 unspecified atom stereocenters. The van der Waals surface area contributed by atoms with E-state index >= 15 is 0 Å². The monoisotopic (exact) mass is 385 g/mol. The summed E-state index contributed by atoms with van der Waals surface area (Å²) in [6.45, 7) is 2.40. The van der Waals surface area contributed by atoms with Gasteiger partial charge in [-0.1, -0.05) is 12.1 Å². The minimum atomic E-state index is -0.841. The summed E-state index contributed by atoms with van der Waals surface area (Å²) in [6, 6.07) is 7.21. The van der Waals surface area contributed by atoms with Gasteiger partial charge in [-0.05, 0) is 37.5 Å². The second-order valence-corrected chi connectivity index (χ2v) is 6.80. The molecule has 2 N–H and O–H groups in total. The molecule has 0 bridgehead atoms. The van der Waals surface area contributed by atoms with E-state index in [1.807, 2.05) is 12.1 Å². The summed E-state index contributed by atoms with van der Waals surface area (Å²) in [5.41, 5.74) is 2.07. The van der Waals surface area contributed by atoms with Gasteiger partial charge >= 0.3 is 5.97 Å². The van der Waals surface area contributed by atoms with Crippen molar-refractivity contribution in [3.05, 3.63) is 52.5 Å². The molecule has 3 rings (SSSR count). The summed E-state index contributed by atoms with van der Waals surface area (Å²) in [6.07, 6.45) is 2.46. The van der Waals surface area contributed by atoms with Gasteiger partial charge in [0.05, 0.1) is 12.2 Å². The van der Waals surface area contributed by atoms with Crippen LogP contribution in [0.5, 0.6) is 5.75 Å². The number of carboxylic acid groups (broad SMARTS) is 1. The number of aryl methyl sites for hydroxylation is 1. The van der Waals surface area contributed by atoms with E-state index in [1.54, 1.807) is 19.1 Å². The van der Waals surface area contributed by atoms with Crippen molar-refractivity contribution in [3.8, 4) is 5.75 Å². The van der Waals surface area contributed by atoms with E-state index in [0.717, 1.165) is 12.0 Å². The van der Waals surface area contributed by atoms with Crippen molar-refractivity contribution in [2.45, 2.75) is 45.6 Å². The normalized spacial score (nSPS) is 13.1. The van der Waals surface area contributed by atoms with Crippen LogP contribution in [0.15, 0.2) is 28.7 Å². The molecular formula is C21H23NO6. The number of Topliss-reactive ketones (excluding diaryl/α,β-unsaturated/α-hetero) is 1. The lowest BCUT2D eigenvalue weighted by atomic mass is 9.94. The molecule has 0 fully saturated rings. The summed E-state index contributed by atoms with van der Waals surface area (Å²) in [5, 5.41) is 11.4. The van der Waals surface area contributed by atoms with Crippen molar-refractivity contribution in [1.29, 1.82) is 0 Å². The van der Waals surface area contributed by atoms with Crippen molar-refractivity contribution >= 4 is 17.7 Å². The molecule has 0 atom stereocenters. The topological polar surface area (TPSA) is 106 Å². The van der Waals surface area contributed by atoms with Gasteiger partial charge in [-0.15, -0.1) is 0 Å². The fraction of sp³-hybridized carbons (Fsp3) is 0.381. The Morgan fingerprint density at radius 3 is 2.64 bits per heavy atom. The Morgan fingerprint density at radius 2 is 1.96 bits per heavy atom.